The molecule has 0 bridgehead atoms. The largest absolute Gasteiger partial charge is 0.440 e. The van der Waals surface area contributed by atoms with Gasteiger partial charge in [-0.05, 0) is 49.5 Å². The van der Waals surface area contributed by atoms with Gasteiger partial charge in [0.25, 0.3) is 5.91 Å². The molecule has 0 N–H and O–H groups in total. The van der Waals surface area contributed by atoms with Gasteiger partial charge < -0.3 is 14.1 Å². The van der Waals surface area contributed by atoms with E-state index in [0.717, 1.165) is 52.2 Å². The second-order valence-electron chi connectivity index (χ2n) is 5.69. The zero-order valence-electron chi connectivity index (χ0n) is 12.1. The number of carbonyl (C=O) groups is 1. The van der Waals surface area contributed by atoms with Gasteiger partial charge in [-0.3, -0.25) is 9.69 Å². The number of hydrogen-bond acceptors (Lipinski definition) is 4. The molecule has 0 spiro atoms. The quantitative estimate of drug-likeness (QED) is 0.859. The fourth-order valence-electron chi connectivity index (χ4n) is 3.02. The average molecular weight is 313 g/mol. The maximum absolute atomic E-state index is 12.3. The summed E-state index contributed by atoms with van der Waals surface area (Å²) < 4.78 is 10.9. The molecule has 0 aromatic carbocycles. The molecular formula is C15H21ClN2O3. The third-order valence-corrected chi connectivity index (χ3v) is 4.35. The molecule has 21 heavy (non-hydrogen) atoms. The number of hydrogen-bond donors (Lipinski definition) is 0. The molecule has 5 nitrogen and oxygen atoms in total. The summed E-state index contributed by atoms with van der Waals surface area (Å²) in [5.74, 6) is 0.258. The van der Waals surface area contributed by atoms with E-state index in [2.05, 4.69) is 4.90 Å². The molecule has 0 radical (unpaired) electrons. The lowest BCUT2D eigenvalue weighted by atomic mass is 10.2. The molecule has 0 unspecified atom stereocenters. The first-order valence-electron chi connectivity index (χ1n) is 7.61. The van der Waals surface area contributed by atoms with E-state index in [1.54, 1.807) is 12.1 Å². The first-order chi connectivity index (χ1) is 10.2. The lowest BCUT2D eigenvalue weighted by molar-refractivity contribution is 0.0687. The van der Waals surface area contributed by atoms with Gasteiger partial charge in [-0.2, -0.15) is 0 Å². The molecule has 116 valence electrons. The van der Waals surface area contributed by atoms with Crippen molar-refractivity contribution in [3.8, 4) is 0 Å². The molecule has 3 rings (SSSR count). The molecule has 3 heterocycles. The minimum Gasteiger partial charge on any atom is -0.440 e. The number of furan rings is 1. The first-order valence-corrected chi connectivity index (χ1v) is 7.99. The van der Waals surface area contributed by atoms with Crippen molar-refractivity contribution in [3.05, 3.63) is 23.1 Å². The summed E-state index contributed by atoms with van der Waals surface area (Å²) in [6.45, 7) is 5.27. The third kappa shape index (κ3) is 3.78. The Morgan fingerprint density at radius 1 is 1.24 bits per heavy atom. The molecule has 1 aromatic rings. The summed E-state index contributed by atoms with van der Waals surface area (Å²) in [6.07, 6.45) is 3.68. The zero-order valence-corrected chi connectivity index (χ0v) is 12.8. The second-order valence-corrected chi connectivity index (χ2v) is 6.06. The van der Waals surface area contributed by atoms with E-state index in [1.165, 1.54) is 6.42 Å². The van der Waals surface area contributed by atoms with Crippen LogP contribution >= 0.6 is 11.6 Å². The van der Waals surface area contributed by atoms with Crippen molar-refractivity contribution in [3.63, 3.8) is 0 Å². The summed E-state index contributed by atoms with van der Waals surface area (Å²) in [7, 11) is 0. The highest BCUT2D eigenvalue weighted by Crippen LogP contribution is 2.17. The molecule has 2 fully saturated rings. The zero-order chi connectivity index (χ0) is 14.7. The fourth-order valence-corrected chi connectivity index (χ4v) is 3.16. The molecule has 1 atom stereocenters. The lowest BCUT2D eigenvalue weighted by Gasteiger charge is -2.23. The molecule has 2 saturated heterocycles. The molecular weight excluding hydrogens is 292 g/mol. The highest BCUT2D eigenvalue weighted by molar-refractivity contribution is 6.29. The van der Waals surface area contributed by atoms with E-state index in [9.17, 15) is 4.79 Å². The topological polar surface area (TPSA) is 45.9 Å². The van der Waals surface area contributed by atoms with Crippen molar-refractivity contribution in [2.24, 2.45) is 0 Å². The second kappa shape index (κ2) is 6.81. The van der Waals surface area contributed by atoms with Crippen molar-refractivity contribution in [2.45, 2.75) is 25.4 Å². The predicted octanol–water partition coefficient (Wildman–Crippen LogP) is 2.26. The summed E-state index contributed by atoms with van der Waals surface area (Å²) in [5, 5.41) is 0.258. The minimum atomic E-state index is -0.0686. The maximum atomic E-state index is 12.3. The average Bonchev–Trinajstić information content (AvgIpc) is 3.07. The highest BCUT2D eigenvalue weighted by Gasteiger charge is 2.25. The van der Waals surface area contributed by atoms with Crippen LogP contribution in [-0.2, 0) is 4.74 Å². The molecule has 0 saturated carbocycles. The molecule has 0 aliphatic carbocycles. The van der Waals surface area contributed by atoms with Crippen molar-refractivity contribution in [1.29, 1.82) is 0 Å². The number of nitrogens with zero attached hydrogens (tertiary/aromatic N) is 2. The van der Waals surface area contributed by atoms with E-state index >= 15 is 0 Å². The lowest BCUT2D eigenvalue weighted by Crippen LogP contribution is -2.37. The minimum absolute atomic E-state index is 0.0686. The maximum Gasteiger partial charge on any atom is 0.289 e. The van der Waals surface area contributed by atoms with Gasteiger partial charge in [0, 0.05) is 32.8 Å². The van der Waals surface area contributed by atoms with Gasteiger partial charge in [0.05, 0.1) is 6.10 Å². The molecule has 1 aromatic heterocycles. The monoisotopic (exact) mass is 312 g/mol. The molecule has 2 aliphatic rings. The van der Waals surface area contributed by atoms with E-state index in [4.69, 9.17) is 20.8 Å². The van der Waals surface area contributed by atoms with Gasteiger partial charge in [0.15, 0.2) is 11.0 Å². The number of ether oxygens (including phenoxy) is 1. The van der Waals surface area contributed by atoms with E-state index in [-0.39, 0.29) is 11.1 Å². The summed E-state index contributed by atoms with van der Waals surface area (Å²) in [5.41, 5.74) is 0. The van der Waals surface area contributed by atoms with Crippen LogP contribution < -0.4 is 0 Å². The fraction of sp³-hybridized carbons (Fsp3) is 0.667. The number of amides is 1. The Labute approximate surface area is 129 Å². The van der Waals surface area contributed by atoms with Gasteiger partial charge in [0.1, 0.15) is 0 Å². The first kappa shape index (κ1) is 14.9. The van der Waals surface area contributed by atoms with Crippen LogP contribution in [0.15, 0.2) is 16.5 Å². The van der Waals surface area contributed by atoms with Crippen molar-refractivity contribution >= 4 is 17.5 Å². The number of carbonyl (C=O) groups excluding carboxylic acids is 1. The van der Waals surface area contributed by atoms with Crippen molar-refractivity contribution in [1.82, 2.24) is 9.80 Å². The highest BCUT2D eigenvalue weighted by atomic mass is 35.5. The normalized spacial score (nSPS) is 24.2. The van der Waals surface area contributed by atoms with Gasteiger partial charge >= 0.3 is 0 Å². The van der Waals surface area contributed by atoms with E-state index in [1.807, 2.05) is 4.90 Å². The summed E-state index contributed by atoms with van der Waals surface area (Å²) >= 11 is 5.73. The van der Waals surface area contributed by atoms with E-state index in [0.29, 0.717) is 11.9 Å². The molecule has 2 aliphatic heterocycles. The van der Waals surface area contributed by atoms with E-state index < -0.39 is 0 Å². The Morgan fingerprint density at radius 3 is 2.86 bits per heavy atom. The third-order valence-electron chi connectivity index (χ3n) is 4.15. The number of halogens is 1. The molecule has 1 amide bonds. The van der Waals surface area contributed by atoms with Gasteiger partial charge in [-0.1, -0.05) is 0 Å². The van der Waals surface area contributed by atoms with Crippen molar-refractivity contribution in [2.75, 3.05) is 39.3 Å². The van der Waals surface area contributed by atoms with Crippen LogP contribution in [-0.4, -0.2) is 61.1 Å². The predicted molar refractivity (Wildman–Crippen MR) is 79.7 cm³/mol. The van der Waals surface area contributed by atoms with Crippen LogP contribution in [0.5, 0.6) is 0 Å². The van der Waals surface area contributed by atoms with Gasteiger partial charge in [-0.15, -0.1) is 0 Å². The van der Waals surface area contributed by atoms with Crippen LogP contribution in [0.4, 0.5) is 0 Å². The SMILES string of the molecule is O=C(c1ccc(Cl)o1)N1CCCN(C[C@@H]2CCCO2)CC1. The smallest absolute Gasteiger partial charge is 0.289 e. The standard InChI is InChI=1S/C15H21ClN2O3/c16-14-5-4-13(21-14)15(19)18-7-2-6-17(8-9-18)11-12-3-1-10-20-12/h4-5,12H,1-3,6-11H2/t12-/m0/s1. The van der Waals surface area contributed by atoms with Crippen LogP contribution in [0.2, 0.25) is 5.22 Å². The number of rotatable bonds is 3. The Hall–Kier alpha value is -1.04. The van der Waals surface area contributed by atoms with Crippen LogP contribution in [0.1, 0.15) is 29.8 Å². The van der Waals surface area contributed by atoms with Gasteiger partial charge in [0.2, 0.25) is 0 Å². The Kier molecular flexibility index (Phi) is 4.83. The van der Waals surface area contributed by atoms with Crippen molar-refractivity contribution < 1.29 is 13.9 Å². The van der Waals surface area contributed by atoms with Crippen LogP contribution in [0.25, 0.3) is 0 Å². The summed E-state index contributed by atoms with van der Waals surface area (Å²) in [4.78, 5) is 16.6. The van der Waals surface area contributed by atoms with Crippen LogP contribution in [0.3, 0.4) is 0 Å². The summed E-state index contributed by atoms with van der Waals surface area (Å²) in [6, 6.07) is 3.25. The Bertz CT molecular complexity index is 485. The van der Waals surface area contributed by atoms with Gasteiger partial charge in [-0.25, -0.2) is 0 Å². The van der Waals surface area contributed by atoms with Crippen LogP contribution in [0, 0.1) is 0 Å². The molecule has 6 heteroatoms. The Morgan fingerprint density at radius 2 is 2.14 bits per heavy atom. The Balaban J connectivity index is 1.53.